The van der Waals surface area contributed by atoms with Crippen molar-refractivity contribution >= 4 is 22.7 Å². The van der Waals surface area contributed by atoms with Crippen LogP contribution in [0.25, 0.3) is 5.52 Å². The fraction of sp³-hybridized carbons (Fsp3) is 0.357. The summed E-state index contributed by atoms with van der Waals surface area (Å²) in [6, 6.07) is 2.09. The van der Waals surface area contributed by atoms with Crippen LogP contribution in [0.15, 0.2) is 29.4 Å². The molecule has 3 heterocycles. The van der Waals surface area contributed by atoms with Crippen molar-refractivity contribution in [2.75, 3.05) is 5.32 Å². The standard InChI is InChI=1S/C14H17N5S/c1-14(2,3)12-6-11-13(15-4-5-19(11)18-12)16-7-10-8-20-9-17-10/h4-6,8-9H,7H2,1-3H3,(H,15,16). The minimum atomic E-state index is 0.0260. The van der Waals surface area contributed by atoms with Crippen molar-refractivity contribution in [2.24, 2.45) is 0 Å². The van der Waals surface area contributed by atoms with Crippen molar-refractivity contribution in [3.63, 3.8) is 0 Å². The highest BCUT2D eigenvalue weighted by Gasteiger charge is 2.19. The maximum atomic E-state index is 4.61. The predicted octanol–water partition coefficient (Wildman–Crippen LogP) is 3.10. The summed E-state index contributed by atoms with van der Waals surface area (Å²) < 4.78 is 1.87. The van der Waals surface area contributed by atoms with Gasteiger partial charge in [0, 0.05) is 23.2 Å². The normalized spacial score (nSPS) is 11.9. The average molecular weight is 287 g/mol. The van der Waals surface area contributed by atoms with Crippen molar-refractivity contribution in [1.82, 2.24) is 19.6 Å². The largest absolute Gasteiger partial charge is 0.363 e. The maximum absolute atomic E-state index is 4.61. The number of rotatable bonds is 3. The first-order valence-electron chi connectivity index (χ1n) is 6.50. The molecule has 0 unspecified atom stereocenters. The first-order chi connectivity index (χ1) is 9.54. The van der Waals surface area contributed by atoms with Gasteiger partial charge < -0.3 is 5.32 Å². The van der Waals surface area contributed by atoms with E-state index in [2.05, 4.69) is 47.2 Å². The van der Waals surface area contributed by atoms with Crippen LogP contribution in [0.1, 0.15) is 32.2 Å². The fourth-order valence-electron chi connectivity index (χ4n) is 1.92. The Kier molecular flexibility index (Phi) is 3.17. The highest BCUT2D eigenvalue weighted by molar-refractivity contribution is 7.07. The molecule has 0 saturated carbocycles. The molecular weight excluding hydrogens is 270 g/mol. The van der Waals surface area contributed by atoms with Gasteiger partial charge in [-0.05, 0) is 6.07 Å². The van der Waals surface area contributed by atoms with Crippen LogP contribution in [-0.2, 0) is 12.0 Å². The molecule has 3 rings (SSSR count). The van der Waals surface area contributed by atoms with Crippen molar-refractivity contribution in [1.29, 1.82) is 0 Å². The number of hydrogen-bond acceptors (Lipinski definition) is 5. The van der Waals surface area contributed by atoms with Crippen LogP contribution in [0.2, 0.25) is 0 Å². The molecule has 104 valence electrons. The molecule has 0 aliphatic heterocycles. The zero-order valence-electron chi connectivity index (χ0n) is 11.8. The van der Waals surface area contributed by atoms with Gasteiger partial charge in [0.15, 0.2) is 5.82 Å². The van der Waals surface area contributed by atoms with Crippen LogP contribution in [0.3, 0.4) is 0 Å². The number of nitrogens with zero attached hydrogens (tertiary/aromatic N) is 4. The van der Waals surface area contributed by atoms with Crippen LogP contribution in [0.4, 0.5) is 5.82 Å². The van der Waals surface area contributed by atoms with Gasteiger partial charge in [0.2, 0.25) is 0 Å². The molecule has 0 spiro atoms. The Morgan fingerprint density at radius 3 is 2.85 bits per heavy atom. The third-order valence-electron chi connectivity index (χ3n) is 3.08. The second-order valence-corrected chi connectivity index (χ2v) is 6.44. The van der Waals surface area contributed by atoms with Crippen LogP contribution in [-0.4, -0.2) is 19.6 Å². The van der Waals surface area contributed by atoms with Crippen LogP contribution >= 0.6 is 11.3 Å². The predicted molar refractivity (Wildman–Crippen MR) is 81.1 cm³/mol. The summed E-state index contributed by atoms with van der Waals surface area (Å²) in [5.74, 6) is 0.837. The Morgan fingerprint density at radius 1 is 1.30 bits per heavy atom. The SMILES string of the molecule is CC(C)(C)c1cc2c(NCc3cscn3)nccn2n1. The van der Waals surface area contributed by atoms with Gasteiger partial charge in [-0.1, -0.05) is 20.8 Å². The van der Waals surface area contributed by atoms with Gasteiger partial charge in [0.25, 0.3) is 0 Å². The molecule has 3 aromatic rings. The molecule has 0 aromatic carbocycles. The third-order valence-corrected chi connectivity index (χ3v) is 3.71. The van der Waals surface area contributed by atoms with E-state index in [9.17, 15) is 0 Å². The van der Waals surface area contributed by atoms with E-state index in [0.29, 0.717) is 6.54 Å². The highest BCUT2D eigenvalue weighted by Crippen LogP contribution is 2.24. The molecule has 0 atom stereocenters. The molecule has 6 heteroatoms. The number of aromatic nitrogens is 4. The summed E-state index contributed by atoms with van der Waals surface area (Å²) in [6.07, 6.45) is 3.63. The lowest BCUT2D eigenvalue weighted by molar-refractivity contribution is 0.562. The van der Waals surface area contributed by atoms with E-state index in [1.165, 1.54) is 0 Å². The zero-order chi connectivity index (χ0) is 14.2. The molecule has 0 amide bonds. The van der Waals surface area contributed by atoms with Gasteiger partial charge in [0.1, 0.15) is 5.52 Å². The van der Waals surface area contributed by atoms with Gasteiger partial charge in [-0.25, -0.2) is 14.5 Å². The van der Waals surface area contributed by atoms with Gasteiger partial charge in [-0.15, -0.1) is 11.3 Å². The van der Waals surface area contributed by atoms with E-state index < -0.39 is 0 Å². The van der Waals surface area contributed by atoms with E-state index in [4.69, 9.17) is 0 Å². The Morgan fingerprint density at radius 2 is 2.15 bits per heavy atom. The Labute approximate surface area is 121 Å². The second kappa shape index (κ2) is 4.86. The average Bonchev–Trinajstić information content (AvgIpc) is 3.04. The van der Waals surface area contributed by atoms with Crippen molar-refractivity contribution in [2.45, 2.75) is 32.7 Å². The topological polar surface area (TPSA) is 55.1 Å². The molecule has 1 N–H and O–H groups in total. The molecule has 0 aliphatic rings. The number of nitrogens with one attached hydrogen (secondary N) is 1. The molecule has 20 heavy (non-hydrogen) atoms. The lowest BCUT2D eigenvalue weighted by atomic mass is 9.92. The molecule has 0 aliphatic carbocycles. The maximum Gasteiger partial charge on any atom is 0.152 e. The molecule has 0 bridgehead atoms. The lowest BCUT2D eigenvalue weighted by Gasteiger charge is -2.13. The first-order valence-corrected chi connectivity index (χ1v) is 7.44. The molecule has 3 aromatic heterocycles. The first kappa shape index (κ1) is 13.1. The van der Waals surface area contributed by atoms with Gasteiger partial charge in [-0.2, -0.15) is 5.10 Å². The van der Waals surface area contributed by atoms with Gasteiger partial charge >= 0.3 is 0 Å². The Balaban J connectivity index is 1.92. The summed E-state index contributed by atoms with van der Waals surface area (Å²) in [6.45, 7) is 7.14. The Bertz CT molecular complexity index is 709. The molecular formula is C14H17N5S. The quantitative estimate of drug-likeness (QED) is 0.804. The van der Waals surface area contributed by atoms with Crippen molar-refractivity contribution < 1.29 is 0 Å². The van der Waals surface area contributed by atoms with Gasteiger partial charge in [0.05, 0.1) is 23.4 Å². The molecule has 0 fully saturated rings. The monoisotopic (exact) mass is 287 g/mol. The molecule has 5 nitrogen and oxygen atoms in total. The minimum absolute atomic E-state index is 0.0260. The van der Waals surface area contributed by atoms with Crippen LogP contribution in [0, 0.1) is 0 Å². The lowest BCUT2D eigenvalue weighted by Crippen LogP contribution is -2.11. The second-order valence-electron chi connectivity index (χ2n) is 5.72. The van der Waals surface area contributed by atoms with Crippen molar-refractivity contribution in [3.8, 4) is 0 Å². The van der Waals surface area contributed by atoms with E-state index in [-0.39, 0.29) is 5.41 Å². The number of hydrogen-bond donors (Lipinski definition) is 1. The third kappa shape index (κ3) is 2.51. The highest BCUT2D eigenvalue weighted by atomic mass is 32.1. The van der Waals surface area contributed by atoms with Crippen molar-refractivity contribution in [3.05, 3.63) is 40.7 Å². The number of fused-ring (bicyclic) bond motifs is 1. The summed E-state index contributed by atoms with van der Waals surface area (Å²) in [5, 5.41) is 9.97. The summed E-state index contributed by atoms with van der Waals surface area (Å²) >= 11 is 1.60. The van der Waals surface area contributed by atoms with E-state index >= 15 is 0 Å². The fourth-order valence-corrected chi connectivity index (χ4v) is 2.48. The number of anilines is 1. The Hall–Kier alpha value is -1.95. The number of thiazole rings is 1. The zero-order valence-corrected chi connectivity index (χ0v) is 12.6. The minimum Gasteiger partial charge on any atom is -0.363 e. The summed E-state index contributed by atoms with van der Waals surface area (Å²) in [5.41, 5.74) is 4.93. The van der Waals surface area contributed by atoms with Crippen LogP contribution < -0.4 is 5.32 Å². The van der Waals surface area contributed by atoms with E-state index in [1.54, 1.807) is 17.5 Å². The summed E-state index contributed by atoms with van der Waals surface area (Å²) in [7, 11) is 0. The molecule has 0 radical (unpaired) electrons. The smallest absolute Gasteiger partial charge is 0.152 e. The molecule has 0 saturated heterocycles. The van der Waals surface area contributed by atoms with Crippen LogP contribution in [0.5, 0.6) is 0 Å². The summed E-state index contributed by atoms with van der Waals surface area (Å²) in [4.78, 5) is 8.67. The van der Waals surface area contributed by atoms with E-state index in [1.807, 2.05) is 21.6 Å². The van der Waals surface area contributed by atoms with E-state index in [0.717, 1.165) is 22.7 Å². The van der Waals surface area contributed by atoms with Gasteiger partial charge in [-0.3, -0.25) is 0 Å².